The van der Waals surface area contributed by atoms with Crippen molar-refractivity contribution in [2.24, 2.45) is 17.6 Å². The SMILES string of the molecule is CCc1cccc(-c2c(Cl)cccc2C(O)(CCCNC(=O)O)[C@@H]2CCCN(C(=O)N3CCC(CN)CC3)C2)c1. The molecule has 1 unspecified atom stereocenters. The van der Waals surface area contributed by atoms with Crippen molar-refractivity contribution in [2.45, 2.75) is 57.5 Å². The molecule has 0 aromatic heterocycles. The molecule has 0 aliphatic carbocycles. The normalized spacial score (nSPS) is 19.8. The fourth-order valence-corrected chi connectivity index (χ4v) is 6.62. The number of carbonyl (C=O) groups is 2. The highest BCUT2D eigenvalue weighted by Crippen LogP contribution is 2.45. The van der Waals surface area contributed by atoms with Crippen molar-refractivity contribution in [3.63, 3.8) is 0 Å². The number of hydrogen-bond donors (Lipinski definition) is 4. The molecule has 2 aromatic carbocycles. The molecule has 2 atom stereocenters. The summed E-state index contributed by atoms with van der Waals surface area (Å²) in [6, 6.07) is 13.9. The van der Waals surface area contributed by atoms with Crippen LogP contribution in [0.5, 0.6) is 0 Å². The predicted octanol–water partition coefficient (Wildman–Crippen LogP) is 5.31. The predicted molar refractivity (Wildman–Crippen MR) is 158 cm³/mol. The summed E-state index contributed by atoms with van der Waals surface area (Å²) >= 11 is 6.83. The highest BCUT2D eigenvalue weighted by Gasteiger charge is 2.43. The summed E-state index contributed by atoms with van der Waals surface area (Å²) in [6.45, 7) is 5.48. The fourth-order valence-electron chi connectivity index (χ4n) is 6.34. The second-order valence-electron chi connectivity index (χ2n) is 11.2. The van der Waals surface area contributed by atoms with E-state index in [-0.39, 0.29) is 18.5 Å². The molecule has 2 aromatic rings. The van der Waals surface area contributed by atoms with E-state index in [2.05, 4.69) is 24.4 Å². The summed E-state index contributed by atoms with van der Waals surface area (Å²) in [4.78, 5) is 28.5. The van der Waals surface area contributed by atoms with Gasteiger partial charge in [-0.1, -0.05) is 54.9 Å². The minimum atomic E-state index is -1.31. The summed E-state index contributed by atoms with van der Waals surface area (Å²) in [5.74, 6) is 0.235. The van der Waals surface area contributed by atoms with Crippen LogP contribution in [-0.2, 0) is 12.0 Å². The van der Waals surface area contributed by atoms with Gasteiger partial charge in [-0.3, -0.25) is 0 Å². The van der Waals surface area contributed by atoms with Crippen LogP contribution < -0.4 is 11.1 Å². The lowest BCUT2D eigenvalue weighted by Crippen LogP contribution is -2.53. The van der Waals surface area contributed by atoms with E-state index in [1.807, 2.05) is 40.1 Å². The highest BCUT2D eigenvalue weighted by atomic mass is 35.5. The number of hydrogen-bond acceptors (Lipinski definition) is 4. The van der Waals surface area contributed by atoms with Crippen molar-refractivity contribution in [3.8, 4) is 11.1 Å². The van der Waals surface area contributed by atoms with E-state index >= 15 is 0 Å². The number of halogens is 1. The number of piperidine rings is 2. The molecule has 2 fully saturated rings. The summed E-state index contributed by atoms with van der Waals surface area (Å²) < 4.78 is 0. The van der Waals surface area contributed by atoms with Crippen molar-refractivity contribution >= 4 is 23.7 Å². The van der Waals surface area contributed by atoms with Crippen LogP contribution in [-0.4, -0.2) is 71.4 Å². The molecule has 5 N–H and O–H groups in total. The molecule has 0 bridgehead atoms. The third kappa shape index (κ3) is 6.90. The molecule has 0 saturated carbocycles. The van der Waals surface area contributed by atoms with Gasteiger partial charge in [0, 0.05) is 49.2 Å². The first kappa shape index (κ1) is 30.2. The molecule has 218 valence electrons. The highest BCUT2D eigenvalue weighted by molar-refractivity contribution is 6.33. The Morgan fingerprint density at radius 2 is 1.85 bits per heavy atom. The number of amides is 3. The van der Waals surface area contributed by atoms with Gasteiger partial charge < -0.3 is 31.1 Å². The number of aliphatic hydroxyl groups is 1. The monoisotopic (exact) mass is 570 g/mol. The Labute approximate surface area is 242 Å². The van der Waals surface area contributed by atoms with Gasteiger partial charge in [0.15, 0.2) is 0 Å². The number of benzene rings is 2. The number of nitrogens with one attached hydrogen (secondary N) is 1. The number of likely N-dealkylation sites (tertiary alicyclic amines) is 2. The van der Waals surface area contributed by atoms with Gasteiger partial charge in [-0.2, -0.15) is 0 Å². The average Bonchev–Trinajstić information content (AvgIpc) is 2.98. The number of urea groups is 1. The van der Waals surface area contributed by atoms with Crippen LogP contribution in [0.4, 0.5) is 9.59 Å². The molecular formula is C31H43ClN4O4. The Kier molecular flexibility index (Phi) is 10.3. The van der Waals surface area contributed by atoms with Crippen molar-refractivity contribution in [2.75, 3.05) is 39.3 Å². The van der Waals surface area contributed by atoms with E-state index in [0.717, 1.165) is 48.8 Å². The zero-order chi connectivity index (χ0) is 28.7. The summed E-state index contributed by atoms with van der Waals surface area (Å²) in [5.41, 5.74) is 8.17. The molecule has 0 spiro atoms. The van der Waals surface area contributed by atoms with Gasteiger partial charge >= 0.3 is 12.1 Å². The Bertz CT molecular complexity index is 1170. The van der Waals surface area contributed by atoms with E-state index in [9.17, 15) is 14.7 Å². The number of carbonyl (C=O) groups excluding carboxylic acids is 1. The molecule has 2 aliphatic heterocycles. The first-order valence-corrected chi connectivity index (χ1v) is 15.0. The number of aryl methyl sites for hydroxylation is 1. The Hall–Kier alpha value is -2.81. The van der Waals surface area contributed by atoms with Gasteiger partial charge in [0.2, 0.25) is 0 Å². The van der Waals surface area contributed by atoms with Crippen LogP contribution in [0.2, 0.25) is 5.02 Å². The zero-order valence-corrected chi connectivity index (χ0v) is 24.2. The van der Waals surface area contributed by atoms with Crippen LogP contribution >= 0.6 is 11.6 Å². The zero-order valence-electron chi connectivity index (χ0n) is 23.4. The second kappa shape index (κ2) is 13.7. The van der Waals surface area contributed by atoms with E-state index in [1.54, 1.807) is 0 Å². The number of carboxylic acid groups (broad SMARTS) is 1. The van der Waals surface area contributed by atoms with Gasteiger partial charge in [0.25, 0.3) is 0 Å². The van der Waals surface area contributed by atoms with Gasteiger partial charge in [-0.05, 0) is 80.2 Å². The van der Waals surface area contributed by atoms with Gasteiger partial charge in [-0.15, -0.1) is 0 Å². The Morgan fingerprint density at radius 1 is 1.10 bits per heavy atom. The summed E-state index contributed by atoms with van der Waals surface area (Å²) in [7, 11) is 0. The number of nitrogens with zero attached hydrogens (tertiary/aromatic N) is 2. The lowest BCUT2D eigenvalue weighted by molar-refractivity contribution is -0.0564. The molecule has 2 heterocycles. The minimum Gasteiger partial charge on any atom is -0.465 e. The van der Waals surface area contributed by atoms with Crippen molar-refractivity contribution < 1.29 is 19.8 Å². The van der Waals surface area contributed by atoms with Crippen LogP contribution in [0.3, 0.4) is 0 Å². The van der Waals surface area contributed by atoms with Gasteiger partial charge in [0.1, 0.15) is 0 Å². The standard InChI is InChI=1S/C31H43ClN4O4/c1-2-22-7-3-8-24(19-22)28-26(10-4-11-27(28)32)31(40,14-6-15-34-29(37)38)25-9-5-16-36(21-25)30(39)35-17-12-23(20-33)13-18-35/h3-4,7-8,10-11,19,23,25,34,40H,2,5-6,9,12-18,20-21,33H2,1H3,(H,37,38)/t25-,31?/m1/s1. The van der Waals surface area contributed by atoms with Crippen LogP contribution in [0, 0.1) is 11.8 Å². The first-order valence-electron chi connectivity index (χ1n) is 14.6. The maximum absolute atomic E-state index is 13.5. The lowest BCUT2D eigenvalue weighted by Gasteiger charge is -2.45. The summed E-state index contributed by atoms with van der Waals surface area (Å²) in [5, 5.41) is 24.7. The quantitative estimate of drug-likeness (QED) is 0.305. The van der Waals surface area contributed by atoms with E-state index in [0.29, 0.717) is 56.5 Å². The van der Waals surface area contributed by atoms with Crippen molar-refractivity contribution in [1.29, 1.82) is 0 Å². The lowest BCUT2D eigenvalue weighted by atomic mass is 9.72. The smallest absolute Gasteiger partial charge is 0.404 e. The Balaban J connectivity index is 1.66. The average molecular weight is 571 g/mol. The van der Waals surface area contributed by atoms with Gasteiger partial charge in [-0.25, -0.2) is 9.59 Å². The maximum Gasteiger partial charge on any atom is 0.404 e. The van der Waals surface area contributed by atoms with E-state index in [1.165, 1.54) is 5.56 Å². The molecule has 4 rings (SSSR count). The fraction of sp³-hybridized carbons (Fsp3) is 0.548. The summed E-state index contributed by atoms with van der Waals surface area (Å²) in [6.07, 6.45) is 3.95. The Morgan fingerprint density at radius 3 is 2.55 bits per heavy atom. The van der Waals surface area contributed by atoms with Crippen LogP contribution in [0.1, 0.15) is 56.6 Å². The third-order valence-corrected chi connectivity index (χ3v) is 9.02. The molecule has 0 radical (unpaired) electrons. The topological polar surface area (TPSA) is 119 Å². The molecule has 3 amide bonds. The van der Waals surface area contributed by atoms with Crippen LogP contribution in [0.25, 0.3) is 11.1 Å². The molecule has 2 saturated heterocycles. The molecular weight excluding hydrogens is 528 g/mol. The van der Waals surface area contributed by atoms with Gasteiger partial charge in [0.05, 0.1) is 5.60 Å². The minimum absolute atomic E-state index is 0.0250. The van der Waals surface area contributed by atoms with E-state index in [4.69, 9.17) is 22.4 Å². The van der Waals surface area contributed by atoms with Crippen molar-refractivity contribution in [1.82, 2.24) is 15.1 Å². The second-order valence-corrected chi connectivity index (χ2v) is 11.6. The molecule has 2 aliphatic rings. The first-order chi connectivity index (χ1) is 19.3. The number of rotatable bonds is 9. The molecule has 8 nitrogen and oxygen atoms in total. The largest absolute Gasteiger partial charge is 0.465 e. The van der Waals surface area contributed by atoms with E-state index < -0.39 is 11.7 Å². The van der Waals surface area contributed by atoms with Crippen LogP contribution in [0.15, 0.2) is 42.5 Å². The molecule has 40 heavy (non-hydrogen) atoms. The number of nitrogens with two attached hydrogens (primary N) is 1. The third-order valence-electron chi connectivity index (χ3n) is 8.70. The maximum atomic E-state index is 13.5. The molecule has 9 heteroatoms. The van der Waals surface area contributed by atoms with Crippen molar-refractivity contribution in [3.05, 3.63) is 58.6 Å².